The molecule has 25 heavy (non-hydrogen) atoms. The van der Waals surface area contributed by atoms with Crippen molar-refractivity contribution in [1.29, 1.82) is 0 Å². The second-order valence-corrected chi connectivity index (χ2v) is 7.59. The highest BCUT2D eigenvalue weighted by atomic mass is 31.2. The van der Waals surface area contributed by atoms with E-state index in [0.717, 1.165) is 11.1 Å². The Balaban J connectivity index is 2.02. The molecule has 0 saturated heterocycles. The van der Waals surface area contributed by atoms with Crippen LogP contribution in [0.5, 0.6) is 0 Å². The molecule has 0 unspecified atom stereocenters. The summed E-state index contributed by atoms with van der Waals surface area (Å²) in [5.41, 5.74) is 1.75. The standard InChI is InChI=1S/C19H25O5P/c1-16(20)13-17(2)24-25(21,22-14-18-9-5-3-6-10-18)23-15-19-11-7-4-8-12-19/h3-12,16-17,20H,13-15H2,1-2H3/t16-,17-/m0/s1. The fraction of sp³-hybridized carbons (Fsp3) is 0.368. The molecule has 0 heterocycles. The van der Waals surface area contributed by atoms with Crippen molar-refractivity contribution >= 4 is 7.82 Å². The van der Waals surface area contributed by atoms with Gasteiger partial charge in [-0.25, -0.2) is 4.57 Å². The highest BCUT2D eigenvalue weighted by molar-refractivity contribution is 7.48. The largest absolute Gasteiger partial charge is 0.475 e. The van der Waals surface area contributed by atoms with Crippen LogP contribution in [0.2, 0.25) is 0 Å². The van der Waals surface area contributed by atoms with E-state index in [4.69, 9.17) is 13.6 Å². The van der Waals surface area contributed by atoms with Gasteiger partial charge in [0.25, 0.3) is 0 Å². The normalized spacial score (nSPS) is 14.2. The van der Waals surface area contributed by atoms with Gasteiger partial charge in [0.05, 0.1) is 25.4 Å². The lowest BCUT2D eigenvalue weighted by atomic mass is 10.2. The lowest BCUT2D eigenvalue weighted by Gasteiger charge is -2.22. The number of hydrogen-bond acceptors (Lipinski definition) is 5. The Morgan fingerprint density at radius 2 is 1.32 bits per heavy atom. The van der Waals surface area contributed by atoms with Crippen LogP contribution in [-0.4, -0.2) is 17.3 Å². The molecule has 2 rings (SSSR count). The van der Waals surface area contributed by atoms with E-state index in [1.165, 1.54) is 0 Å². The van der Waals surface area contributed by atoms with Gasteiger partial charge in [-0.3, -0.25) is 13.6 Å². The molecule has 2 aromatic rings. The molecular weight excluding hydrogens is 339 g/mol. The van der Waals surface area contributed by atoms with Crippen LogP contribution in [-0.2, 0) is 31.4 Å². The van der Waals surface area contributed by atoms with Gasteiger partial charge in [0.1, 0.15) is 0 Å². The highest BCUT2D eigenvalue weighted by Gasteiger charge is 2.30. The van der Waals surface area contributed by atoms with Gasteiger partial charge < -0.3 is 5.11 Å². The van der Waals surface area contributed by atoms with Gasteiger partial charge in [0.15, 0.2) is 0 Å². The zero-order valence-corrected chi connectivity index (χ0v) is 15.5. The molecule has 0 amide bonds. The number of hydrogen-bond donors (Lipinski definition) is 1. The smallest absolute Gasteiger partial charge is 0.393 e. The summed E-state index contributed by atoms with van der Waals surface area (Å²) in [6.07, 6.45) is -0.683. The molecule has 0 radical (unpaired) electrons. The van der Waals surface area contributed by atoms with Crippen molar-refractivity contribution in [3.05, 3.63) is 71.8 Å². The number of rotatable bonds is 10. The SMILES string of the molecule is C[C@H](O)C[C@H](C)OP(=O)(OCc1ccccc1)OCc1ccccc1. The first-order valence-electron chi connectivity index (χ1n) is 8.30. The summed E-state index contributed by atoms with van der Waals surface area (Å²) < 4.78 is 29.6. The maximum Gasteiger partial charge on any atom is 0.475 e. The third-order valence-electron chi connectivity index (χ3n) is 3.45. The second kappa shape index (κ2) is 9.85. The quantitative estimate of drug-likeness (QED) is 0.619. The second-order valence-electron chi connectivity index (χ2n) is 5.97. The molecule has 6 heteroatoms. The van der Waals surface area contributed by atoms with Crippen molar-refractivity contribution in [2.24, 2.45) is 0 Å². The predicted molar refractivity (Wildman–Crippen MR) is 96.9 cm³/mol. The Bertz CT molecular complexity index is 613. The Morgan fingerprint density at radius 1 is 0.880 bits per heavy atom. The number of phosphoric acid groups is 1. The first-order valence-corrected chi connectivity index (χ1v) is 9.76. The summed E-state index contributed by atoms with van der Waals surface area (Å²) in [5, 5.41) is 9.48. The molecule has 0 bridgehead atoms. The Labute approximate surface area is 149 Å². The summed E-state index contributed by atoms with van der Waals surface area (Å²) in [5.74, 6) is 0. The summed E-state index contributed by atoms with van der Waals surface area (Å²) in [7, 11) is -3.77. The van der Waals surface area contributed by atoms with Crippen molar-refractivity contribution in [3.63, 3.8) is 0 Å². The molecule has 1 N–H and O–H groups in total. The fourth-order valence-electron chi connectivity index (χ4n) is 2.30. The number of aliphatic hydroxyl groups excluding tert-OH is 1. The van der Waals surface area contributed by atoms with Gasteiger partial charge in [-0.15, -0.1) is 0 Å². The Morgan fingerprint density at radius 3 is 1.72 bits per heavy atom. The zero-order chi connectivity index (χ0) is 18.1. The Kier molecular flexibility index (Phi) is 7.82. The van der Waals surface area contributed by atoms with Gasteiger partial charge in [0, 0.05) is 0 Å². The van der Waals surface area contributed by atoms with Crippen LogP contribution in [0, 0.1) is 0 Å². The van der Waals surface area contributed by atoms with Crippen LogP contribution in [0.25, 0.3) is 0 Å². The molecule has 5 nitrogen and oxygen atoms in total. The van der Waals surface area contributed by atoms with Crippen molar-refractivity contribution in [1.82, 2.24) is 0 Å². The lowest BCUT2D eigenvalue weighted by Crippen LogP contribution is -2.16. The molecule has 2 atom stereocenters. The third kappa shape index (κ3) is 7.51. The molecule has 0 fully saturated rings. The van der Waals surface area contributed by atoms with Crippen LogP contribution in [0.3, 0.4) is 0 Å². The van der Waals surface area contributed by atoms with E-state index in [9.17, 15) is 9.67 Å². The van der Waals surface area contributed by atoms with Crippen LogP contribution in [0.1, 0.15) is 31.4 Å². The van der Waals surface area contributed by atoms with Crippen molar-refractivity contribution in [2.75, 3.05) is 0 Å². The van der Waals surface area contributed by atoms with Gasteiger partial charge >= 0.3 is 7.82 Å². The average molecular weight is 364 g/mol. The number of aliphatic hydroxyl groups is 1. The van der Waals surface area contributed by atoms with E-state index in [-0.39, 0.29) is 13.2 Å². The minimum atomic E-state index is -3.77. The molecule has 0 aliphatic rings. The zero-order valence-electron chi connectivity index (χ0n) is 14.6. The maximum absolute atomic E-state index is 13.0. The van der Waals surface area contributed by atoms with E-state index in [2.05, 4.69) is 0 Å². The van der Waals surface area contributed by atoms with Crippen LogP contribution in [0.15, 0.2) is 60.7 Å². The average Bonchev–Trinajstić information content (AvgIpc) is 2.59. The van der Waals surface area contributed by atoms with Crippen molar-refractivity contribution in [2.45, 2.75) is 45.7 Å². The minimum Gasteiger partial charge on any atom is -0.393 e. The van der Waals surface area contributed by atoms with Crippen LogP contribution in [0.4, 0.5) is 0 Å². The summed E-state index contributed by atoms with van der Waals surface area (Å²) >= 11 is 0. The first kappa shape index (κ1) is 19.8. The van der Waals surface area contributed by atoms with E-state index in [0.29, 0.717) is 6.42 Å². The molecule has 0 saturated carbocycles. The lowest BCUT2D eigenvalue weighted by molar-refractivity contribution is 0.0529. The molecule has 2 aromatic carbocycles. The molecule has 0 spiro atoms. The molecular formula is C19H25O5P. The minimum absolute atomic E-state index is 0.119. The van der Waals surface area contributed by atoms with E-state index < -0.39 is 20.0 Å². The van der Waals surface area contributed by atoms with Gasteiger partial charge in [-0.05, 0) is 31.4 Å². The summed E-state index contributed by atoms with van der Waals surface area (Å²) in [4.78, 5) is 0. The molecule has 136 valence electrons. The summed E-state index contributed by atoms with van der Waals surface area (Å²) in [6, 6.07) is 18.8. The van der Waals surface area contributed by atoms with E-state index >= 15 is 0 Å². The maximum atomic E-state index is 13.0. The van der Waals surface area contributed by atoms with Gasteiger partial charge in [0.2, 0.25) is 0 Å². The molecule has 0 aromatic heterocycles. The van der Waals surface area contributed by atoms with Gasteiger partial charge in [-0.1, -0.05) is 60.7 Å². The van der Waals surface area contributed by atoms with Crippen LogP contribution < -0.4 is 0 Å². The molecule has 0 aliphatic heterocycles. The van der Waals surface area contributed by atoms with Crippen molar-refractivity contribution in [3.8, 4) is 0 Å². The summed E-state index contributed by atoms with van der Waals surface area (Å²) in [6.45, 7) is 3.63. The molecule has 0 aliphatic carbocycles. The van der Waals surface area contributed by atoms with Crippen molar-refractivity contribution < 1.29 is 23.2 Å². The van der Waals surface area contributed by atoms with Gasteiger partial charge in [-0.2, -0.15) is 0 Å². The highest BCUT2D eigenvalue weighted by Crippen LogP contribution is 2.52. The number of benzene rings is 2. The fourth-order valence-corrected chi connectivity index (χ4v) is 3.64. The third-order valence-corrected chi connectivity index (χ3v) is 4.96. The van der Waals surface area contributed by atoms with E-state index in [1.807, 2.05) is 60.7 Å². The topological polar surface area (TPSA) is 65.0 Å². The first-order chi connectivity index (χ1) is 12.0. The van der Waals surface area contributed by atoms with Crippen LogP contribution >= 0.6 is 7.82 Å². The Hall–Kier alpha value is -1.49. The predicted octanol–water partition coefficient (Wildman–Crippen LogP) is 4.70. The monoisotopic (exact) mass is 364 g/mol. The van der Waals surface area contributed by atoms with E-state index in [1.54, 1.807) is 13.8 Å². The number of phosphoric ester groups is 1.